The number of nitrogens with zero attached hydrogens (tertiary/aromatic N) is 1. The Hall–Kier alpha value is -2.33. The molecule has 0 spiro atoms. The Kier molecular flexibility index (Phi) is 3.88. The lowest BCUT2D eigenvalue weighted by molar-refractivity contribution is 1.28. The number of nitrogen functional groups attached to an aromatic ring is 1. The number of hydrogen-bond donors (Lipinski definition) is 2. The maximum Gasteiger partial charge on any atom is 0.125 e. The van der Waals surface area contributed by atoms with Crippen LogP contribution in [0.3, 0.4) is 0 Å². The minimum atomic E-state index is 0.0591. The lowest BCUT2D eigenvalue weighted by Crippen LogP contribution is -2.13. The highest BCUT2D eigenvalue weighted by Crippen LogP contribution is 2.32. The van der Waals surface area contributed by atoms with Gasteiger partial charge in [0.25, 0.3) is 0 Å². The molecule has 0 bridgehead atoms. The van der Waals surface area contributed by atoms with E-state index in [0.29, 0.717) is 5.56 Å². The van der Waals surface area contributed by atoms with Crippen molar-refractivity contribution in [3.63, 3.8) is 0 Å². The highest BCUT2D eigenvalue weighted by atomic mass is 32.2. The number of rotatable bonds is 4. The maximum absolute atomic E-state index is 7.76. The lowest BCUT2D eigenvalue weighted by Gasteiger charge is -2.11. The number of para-hydroxylation sites is 1. The second kappa shape index (κ2) is 5.97. The molecule has 0 atom stereocenters. The first-order chi connectivity index (χ1) is 10.3. The summed E-state index contributed by atoms with van der Waals surface area (Å²) >= 11 is 1.70. The molecule has 0 radical (unpaired) electrons. The smallest absolute Gasteiger partial charge is 0.125 e. The Labute approximate surface area is 127 Å². The summed E-state index contributed by atoms with van der Waals surface area (Å²) in [5, 5.41) is 8.81. The molecule has 4 heteroatoms. The molecule has 0 fully saturated rings. The van der Waals surface area contributed by atoms with E-state index in [-0.39, 0.29) is 5.84 Å². The third-order valence-electron chi connectivity index (χ3n) is 3.24. The van der Waals surface area contributed by atoms with Crippen molar-refractivity contribution in [2.45, 2.75) is 10.6 Å². The summed E-state index contributed by atoms with van der Waals surface area (Å²) < 4.78 is 0. The van der Waals surface area contributed by atoms with Crippen molar-refractivity contribution in [2.24, 2.45) is 5.73 Å². The van der Waals surface area contributed by atoms with Crippen LogP contribution in [0.15, 0.2) is 65.7 Å². The monoisotopic (exact) mass is 293 g/mol. The van der Waals surface area contributed by atoms with Gasteiger partial charge in [-0.3, -0.25) is 10.4 Å². The zero-order valence-electron chi connectivity index (χ0n) is 11.4. The third-order valence-corrected chi connectivity index (χ3v) is 4.45. The van der Waals surface area contributed by atoms with E-state index in [9.17, 15) is 0 Å². The first-order valence-electron chi connectivity index (χ1n) is 6.64. The van der Waals surface area contributed by atoms with E-state index >= 15 is 0 Å². The number of amidine groups is 1. The van der Waals surface area contributed by atoms with E-state index in [4.69, 9.17) is 11.1 Å². The molecule has 1 heterocycles. The van der Waals surface area contributed by atoms with Crippen molar-refractivity contribution < 1.29 is 0 Å². The topological polar surface area (TPSA) is 62.8 Å². The average molecular weight is 293 g/mol. The first-order valence-corrected chi connectivity index (χ1v) is 7.63. The van der Waals surface area contributed by atoms with Gasteiger partial charge >= 0.3 is 0 Å². The van der Waals surface area contributed by atoms with E-state index in [0.717, 1.165) is 21.6 Å². The fraction of sp³-hybridized carbons (Fsp3) is 0.0588. The van der Waals surface area contributed by atoms with Crippen molar-refractivity contribution in [3.8, 4) is 0 Å². The van der Waals surface area contributed by atoms with E-state index in [2.05, 4.69) is 17.1 Å². The third kappa shape index (κ3) is 2.90. The SMILES string of the molecule is N=C(N)c1cnc2ccccc2c1SCc1ccccc1. The van der Waals surface area contributed by atoms with E-state index < -0.39 is 0 Å². The minimum Gasteiger partial charge on any atom is -0.384 e. The van der Waals surface area contributed by atoms with Gasteiger partial charge in [-0.25, -0.2) is 0 Å². The van der Waals surface area contributed by atoms with Crippen LogP contribution in [0.5, 0.6) is 0 Å². The Balaban J connectivity index is 2.02. The molecule has 0 aliphatic heterocycles. The van der Waals surface area contributed by atoms with Gasteiger partial charge < -0.3 is 5.73 Å². The molecule has 21 heavy (non-hydrogen) atoms. The normalized spacial score (nSPS) is 10.7. The Morgan fingerprint density at radius 3 is 2.52 bits per heavy atom. The summed E-state index contributed by atoms with van der Waals surface area (Å²) in [6.07, 6.45) is 1.69. The van der Waals surface area contributed by atoms with Gasteiger partial charge in [-0.15, -0.1) is 11.8 Å². The molecule has 0 unspecified atom stereocenters. The van der Waals surface area contributed by atoms with Gasteiger partial charge in [0.05, 0.1) is 5.52 Å². The van der Waals surface area contributed by atoms with Gasteiger partial charge in [0.15, 0.2) is 0 Å². The highest BCUT2D eigenvalue weighted by molar-refractivity contribution is 7.98. The minimum absolute atomic E-state index is 0.0591. The molecule has 0 saturated heterocycles. The molecule has 0 amide bonds. The van der Waals surface area contributed by atoms with Gasteiger partial charge in [-0.05, 0) is 11.6 Å². The van der Waals surface area contributed by atoms with Crippen molar-refractivity contribution in [1.82, 2.24) is 4.98 Å². The predicted octanol–water partition coefficient (Wildman–Crippen LogP) is 3.81. The standard InChI is InChI=1S/C17H15N3S/c18-17(19)14-10-20-15-9-5-4-8-13(15)16(14)21-11-12-6-2-1-3-7-12/h1-10H,11H2,(H3,18,19). The number of aromatic nitrogens is 1. The zero-order valence-corrected chi connectivity index (χ0v) is 12.2. The van der Waals surface area contributed by atoms with Crippen LogP contribution in [0.2, 0.25) is 0 Å². The van der Waals surface area contributed by atoms with Crippen molar-refractivity contribution >= 4 is 28.5 Å². The summed E-state index contributed by atoms with van der Waals surface area (Å²) in [5.74, 6) is 0.901. The Morgan fingerprint density at radius 1 is 1.05 bits per heavy atom. The molecule has 0 aliphatic carbocycles. The first kappa shape index (κ1) is 13.6. The second-order valence-corrected chi connectivity index (χ2v) is 5.69. The van der Waals surface area contributed by atoms with Gasteiger partial charge in [-0.2, -0.15) is 0 Å². The molecular formula is C17H15N3S. The quantitative estimate of drug-likeness (QED) is 0.437. The van der Waals surface area contributed by atoms with Crippen molar-refractivity contribution in [1.29, 1.82) is 5.41 Å². The Morgan fingerprint density at radius 2 is 1.76 bits per heavy atom. The number of benzene rings is 2. The summed E-state index contributed by atoms with van der Waals surface area (Å²) in [7, 11) is 0. The molecule has 2 aromatic carbocycles. The molecular weight excluding hydrogens is 278 g/mol. The number of thioether (sulfide) groups is 1. The molecule has 3 rings (SSSR count). The van der Waals surface area contributed by atoms with E-state index in [1.54, 1.807) is 18.0 Å². The van der Waals surface area contributed by atoms with Gasteiger partial charge in [0, 0.05) is 27.8 Å². The van der Waals surface area contributed by atoms with Crippen LogP contribution in [0.4, 0.5) is 0 Å². The number of pyridine rings is 1. The van der Waals surface area contributed by atoms with Crippen LogP contribution in [0.25, 0.3) is 10.9 Å². The second-order valence-electron chi connectivity index (χ2n) is 4.71. The molecule has 1 aromatic heterocycles. The molecule has 3 aromatic rings. The highest BCUT2D eigenvalue weighted by Gasteiger charge is 2.11. The average Bonchev–Trinajstić information content (AvgIpc) is 2.53. The number of nitrogens with one attached hydrogen (secondary N) is 1. The molecule has 104 valence electrons. The number of hydrogen-bond acceptors (Lipinski definition) is 3. The zero-order chi connectivity index (χ0) is 14.7. The number of fused-ring (bicyclic) bond motifs is 1. The van der Waals surface area contributed by atoms with Crippen LogP contribution in [-0.4, -0.2) is 10.8 Å². The van der Waals surface area contributed by atoms with Crippen molar-refractivity contribution in [3.05, 3.63) is 71.9 Å². The summed E-state index contributed by atoms with van der Waals surface area (Å²) in [6.45, 7) is 0. The van der Waals surface area contributed by atoms with Crippen LogP contribution >= 0.6 is 11.8 Å². The summed E-state index contributed by atoms with van der Waals surface area (Å²) in [6, 6.07) is 18.2. The summed E-state index contributed by atoms with van der Waals surface area (Å²) in [5.41, 5.74) is 8.58. The van der Waals surface area contributed by atoms with Gasteiger partial charge in [-0.1, -0.05) is 48.5 Å². The summed E-state index contributed by atoms with van der Waals surface area (Å²) in [4.78, 5) is 5.41. The van der Waals surface area contributed by atoms with Gasteiger partial charge in [0.2, 0.25) is 0 Å². The molecule has 3 N–H and O–H groups in total. The molecule has 0 aliphatic rings. The van der Waals surface area contributed by atoms with Crippen molar-refractivity contribution in [2.75, 3.05) is 0 Å². The van der Waals surface area contributed by atoms with E-state index in [1.165, 1.54) is 5.56 Å². The lowest BCUT2D eigenvalue weighted by atomic mass is 10.1. The van der Waals surface area contributed by atoms with E-state index in [1.807, 2.05) is 42.5 Å². The largest absolute Gasteiger partial charge is 0.384 e. The number of nitrogens with two attached hydrogens (primary N) is 1. The maximum atomic E-state index is 7.76. The fourth-order valence-electron chi connectivity index (χ4n) is 2.19. The van der Waals surface area contributed by atoms with Gasteiger partial charge in [0.1, 0.15) is 5.84 Å². The Bertz CT molecular complexity index is 784. The fourth-order valence-corrected chi connectivity index (χ4v) is 3.34. The van der Waals surface area contributed by atoms with Crippen LogP contribution in [0, 0.1) is 5.41 Å². The van der Waals surface area contributed by atoms with Crippen LogP contribution in [0.1, 0.15) is 11.1 Å². The van der Waals surface area contributed by atoms with Crippen LogP contribution < -0.4 is 5.73 Å². The molecule has 3 nitrogen and oxygen atoms in total. The predicted molar refractivity (Wildman–Crippen MR) is 88.8 cm³/mol. The van der Waals surface area contributed by atoms with Crippen LogP contribution in [-0.2, 0) is 5.75 Å². The molecule has 0 saturated carbocycles.